The topological polar surface area (TPSA) is 75.6 Å². The van der Waals surface area contributed by atoms with E-state index in [0.29, 0.717) is 11.2 Å². The van der Waals surface area contributed by atoms with E-state index >= 15 is 0 Å². The second-order valence-electron chi connectivity index (χ2n) is 5.22. The van der Waals surface area contributed by atoms with Gasteiger partial charge in [-0.25, -0.2) is 14.9 Å². The molecule has 21 heavy (non-hydrogen) atoms. The van der Waals surface area contributed by atoms with Gasteiger partial charge in [0.1, 0.15) is 5.03 Å². The summed E-state index contributed by atoms with van der Waals surface area (Å²) in [7, 11) is 0. The number of hydrogen-bond donors (Lipinski definition) is 2. The lowest BCUT2D eigenvalue weighted by molar-refractivity contribution is 0.595. The first-order valence-corrected chi connectivity index (χ1v) is 8.04. The van der Waals surface area contributed by atoms with Crippen LogP contribution in [0, 0.1) is 0 Å². The largest absolute Gasteiger partial charge is 0.344 e. The first-order chi connectivity index (χ1) is 10.2. The van der Waals surface area contributed by atoms with Crippen molar-refractivity contribution in [2.75, 3.05) is 6.54 Å². The standard InChI is InChI=1S/C14H19N5OS/c1-3-15-9(2)10-6-7-16-12(8-10)21-14-18-17-13(20)19(14)11-4-5-11/h6-9,11,15H,3-5H2,1-2H3,(H,17,20). The predicted octanol–water partition coefficient (Wildman–Crippen LogP) is 2.12. The molecule has 1 fully saturated rings. The quantitative estimate of drug-likeness (QED) is 0.855. The third kappa shape index (κ3) is 3.19. The zero-order valence-corrected chi connectivity index (χ0v) is 13.0. The van der Waals surface area contributed by atoms with Crippen LogP contribution in [0.5, 0.6) is 0 Å². The molecule has 0 radical (unpaired) electrons. The molecule has 0 saturated heterocycles. The Morgan fingerprint density at radius 2 is 2.38 bits per heavy atom. The number of nitrogens with one attached hydrogen (secondary N) is 2. The molecule has 0 spiro atoms. The van der Waals surface area contributed by atoms with Crippen molar-refractivity contribution in [2.45, 2.75) is 49.0 Å². The van der Waals surface area contributed by atoms with Crippen LogP contribution in [0.1, 0.15) is 44.3 Å². The van der Waals surface area contributed by atoms with Crippen molar-refractivity contribution in [1.82, 2.24) is 25.1 Å². The lowest BCUT2D eigenvalue weighted by Crippen LogP contribution is -2.17. The molecule has 112 valence electrons. The van der Waals surface area contributed by atoms with Gasteiger partial charge in [-0.2, -0.15) is 0 Å². The summed E-state index contributed by atoms with van der Waals surface area (Å²) in [4.78, 5) is 16.1. The maximum absolute atomic E-state index is 11.8. The van der Waals surface area contributed by atoms with Gasteiger partial charge in [-0.1, -0.05) is 6.92 Å². The smallest absolute Gasteiger partial charge is 0.310 e. The Bertz CT molecular complexity index is 676. The van der Waals surface area contributed by atoms with Gasteiger partial charge >= 0.3 is 5.69 Å². The van der Waals surface area contributed by atoms with Crippen molar-refractivity contribution < 1.29 is 0 Å². The monoisotopic (exact) mass is 305 g/mol. The van der Waals surface area contributed by atoms with Gasteiger partial charge in [0.15, 0.2) is 5.16 Å². The van der Waals surface area contributed by atoms with Gasteiger partial charge in [-0.15, -0.1) is 5.10 Å². The van der Waals surface area contributed by atoms with Crippen molar-refractivity contribution in [2.24, 2.45) is 0 Å². The highest BCUT2D eigenvalue weighted by molar-refractivity contribution is 7.99. The highest BCUT2D eigenvalue weighted by Crippen LogP contribution is 2.37. The highest BCUT2D eigenvalue weighted by Gasteiger charge is 2.28. The molecule has 6 nitrogen and oxygen atoms in total. The van der Waals surface area contributed by atoms with Gasteiger partial charge in [0.2, 0.25) is 0 Å². The summed E-state index contributed by atoms with van der Waals surface area (Å²) in [6, 6.07) is 4.65. The van der Waals surface area contributed by atoms with Crippen LogP contribution in [0.3, 0.4) is 0 Å². The lowest BCUT2D eigenvalue weighted by atomic mass is 10.1. The fraction of sp³-hybridized carbons (Fsp3) is 0.500. The van der Waals surface area contributed by atoms with Gasteiger partial charge < -0.3 is 5.32 Å². The fourth-order valence-electron chi connectivity index (χ4n) is 2.28. The van der Waals surface area contributed by atoms with E-state index in [-0.39, 0.29) is 11.7 Å². The van der Waals surface area contributed by atoms with E-state index in [0.717, 1.165) is 24.4 Å². The maximum atomic E-state index is 11.8. The van der Waals surface area contributed by atoms with E-state index in [9.17, 15) is 4.79 Å². The summed E-state index contributed by atoms with van der Waals surface area (Å²) in [5.74, 6) is 0. The summed E-state index contributed by atoms with van der Waals surface area (Å²) >= 11 is 1.43. The molecule has 1 unspecified atom stereocenters. The minimum absolute atomic E-state index is 0.128. The van der Waals surface area contributed by atoms with E-state index in [1.807, 2.05) is 12.1 Å². The zero-order chi connectivity index (χ0) is 14.8. The van der Waals surface area contributed by atoms with Crippen molar-refractivity contribution in [3.8, 4) is 0 Å². The molecule has 0 amide bonds. The van der Waals surface area contributed by atoms with Gasteiger partial charge in [0.25, 0.3) is 0 Å². The molecular weight excluding hydrogens is 286 g/mol. The molecular formula is C14H19N5OS. The van der Waals surface area contributed by atoms with Crippen LogP contribution in [0.15, 0.2) is 33.3 Å². The minimum atomic E-state index is -0.128. The Labute approximate surface area is 127 Å². The molecule has 3 rings (SSSR count). The van der Waals surface area contributed by atoms with Crippen molar-refractivity contribution in [3.63, 3.8) is 0 Å². The SMILES string of the molecule is CCNC(C)c1ccnc(Sc2n[nH]c(=O)n2C2CC2)c1. The van der Waals surface area contributed by atoms with Gasteiger partial charge in [0.05, 0.1) is 0 Å². The average molecular weight is 305 g/mol. The summed E-state index contributed by atoms with van der Waals surface area (Å²) in [5, 5.41) is 11.6. The maximum Gasteiger partial charge on any atom is 0.344 e. The second kappa shape index (κ2) is 6.03. The van der Waals surface area contributed by atoms with E-state index in [2.05, 4.69) is 34.3 Å². The molecule has 1 aliphatic rings. The molecule has 1 aliphatic carbocycles. The van der Waals surface area contributed by atoms with Crippen LogP contribution in [0.25, 0.3) is 0 Å². The molecule has 2 N–H and O–H groups in total. The van der Waals surface area contributed by atoms with Crippen LogP contribution in [-0.2, 0) is 0 Å². The Kier molecular flexibility index (Phi) is 4.12. The van der Waals surface area contributed by atoms with Crippen LogP contribution < -0.4 is 11.0 Å². The molecule has 2 aromatic rings. The molecule has 1 saturated carbocycles. The Balaban J connectivity index is 1.82. The normalized spacial score (nSPS) is 16.1. The van der Waals surface area contributed by atoms with Crippen LogP contribution >= 0.6 is 11.8 Å². The number of H-pyrrole nitrogens is 1. The van der Waals surface area contributed by atoms with E-state index in [4.69, 9.17) is 0 Å². The van der Waals surface area contributed by atoms with Crippen molar-refractivity contribution >= 4 is 11.8 Å². The Morgan fingerprint density at radius 3 is 3.10 bits per heavy atom. The Hall–Kier alpha value is -1.60. The second-order valence-corrected chi connectivity index (χ2v) is 6.21. The van der Waals surface area contributed by atoms with Gasteiger partial charge in [0, 0.05) is 18.3 Å². The number of aromatic nitrogens is 4. The van der Waals surface area contributed by atoms with Gasteiger partial charge in [-0.05, 0) is 55.8 Å². The first kappa shape index (κ1) is 14.3. The molecule has 2 aromatic heterocycles. The number of rotatable bonds is 6. The molecule has 0 bridgehead atoms. The molecule has 0 aliphatic heterocycles. The zero-order valence-electron chi connectivity index (χ0n) is 12.2. The summed E-state index contributed by atoms with van der Waals surface area (Å²) in [5.41, 5.74) is 1.06. The molecule has 1 atom stereocenters. The number of aromatic amines is 1. The van der Waals surface area contributed by atoms with Crippen molar-refractivity contribution in [1.29, 1.82) is 0 Å². The number of hydrogen-bond acceptors (Lipinski definition) is 5. The molecule has 2 heterocycles. The third-order valence-corrected chi connectivity index (χ3v) is 4.45. The Morgan fingerprint density at radius 1 is 1.57 bits per heavy atom. The molecule has 0 aromatic carbocycles. The lowest BCUT2D eigenvalue weighted by Gasteiger charge is -2.13. The minimum Gasteiger partial charge on any atom is -0.310 e. The number of nitrogens with zero attached hydrogens (tertiary/aromatic N) is 3. The van der Waals surface area contributed by atoms with Gasteiger partial charge in [-0.3, -0.25) is 4.57 Å². The van der Waals surface area contributed by atoms with Crippen LogP contribution in [0.2, 0.25) is 0 Å². The first-order valence-electron chi connectivity index (χ1n) is 7.23. The van der Waals surface area contributed by atoms with Crippen LogP contribution in [0.4, 0.5) is 0 Å². The van der Waals surface area contributed by atoms with Crippen molar-refractivity contribution in [3.05, 3.63) is 34.4 Å². The highest BCUT2D eigenvalue weighted by atomic mass is 32.2. The van der Waals surface area contributed by atoms with Crippen LogP contribution in [-0.4, -0.2) is 26.3 Å². The predicted molar refractivity (Wildman–Crippen MR) is 81.6 cm³/mol. The molecule has 7 heteroatoms. The van der Waals surface area contributed by atoms with E-state index < -0.39 is 0 Å². The summed E-state index contributed by atoms with van der Waals surface area (Å²) in [6.07, 6.45) is 3.91. The summed E-state index contributed by atoms with van der Waals surface area (Å²) in [6.45, 7) is 5.14. The summed E-state index contributed by atoms with van der Waals surface area (Å²) < 4.78 is 1.74. The van der Waals surface area contributed by atoms with E-state index in [1.165, 1.54) is 17.3 Å². The fourth-order valence-corrected chi connectivity index (χ4v) is 3.20. The third-order valence-electron chi connectivity index (χ3n) is 3.55. The number of pyridine rings is 1. The van der Waals surface area contributed by atoms with E-state index in [1.54, 1.807) is 10.8 Å². The average Bonchev–Trinajstić information content (AvgIpc) is 3.24.